The van der Waals surface area contributed by atoms with Crippen molar-refractivity contribution in [2.24, 2.45) is 0 Å². The van der Waals surface area contributed by atoms with Crippen LogP contribution in [0.1, 0.15) is 23.4 Å². The summed E-state index contributed by atoms with van der Waals surface area (Å²) in [6, 6.07) is 18.1. The fourth-order valence-corrected chi connectivity index (χ4v) is 3.34. The smallest absolute Gasteiger partial charge is 0.246 e. The molecule has 3 rings (SSSR count). The van der Waals surface area contributed by atoms with E-state index in [0.29, 0.717) is 13.2 Å². The van der Waals surface area contributed by atoms with Crippen molar-refractivity contribution in [3.05, 3.63) is 65.2 Å². The van der Waals surface area contributed by atoms with E-state index in [9.17, 15) is 4.79 Å². The van der Waals surface area contributed by atoms with Crippen molar-refractivity contribution in [3.8, 4) is 0 Å². The topological polar surface area (TPSA) is 51.2 Å². The van der Waals surface area contributed by atoms with Crippen LogP contribution in [0.2, 0.25) is 0 Å². The Balaban J connectivity index is 1.41. The summed E-state index contributed by atoms with van der Waals surface area (Å²) in [6.07, 6.45) is 0. The molecule has 4 nitrogen and oxygen atoms in total. The maximum atomic E-state index is 11.9. The monoisotopic (exact) mass is 340 g/mol. The first-order chi connectivity index (χ1) is 11.7. The van der Waals surface area contributed by atoms with Gasteiger partial charge in [0.15, 0.2) is 0 Å². The minimum absolute atomic E-state index is 0.0530. The molecule has 2 aromatic carbocycles. The number of hydrogen-bond acceptors (Lipinski definition) is 4. The molecule has 0 aliphatic carbocycles. The maximum Gasteiger partial charge on any atom is 0.246 e. The van der Waals surface area contributed by atoms with E-state index in [1.165, 1.54) is 5.56 Å². The average Bonchev–Trinajstić information content (AvgIpc) is 3.03. The third kappa shape index (κ3) is 4.40. The van der Waals surface area contributed by atoms with E-state index >= 15 is 0 Å². The van der Waals surface area contributed by atoms with Gasteiger partial charge in [-0.15, -0.1) is 11.3 Å². The van der Waals surface area contributed by atoms with Gasteiger partial charge in [-0.2, -0.15) is 0 Å². The third-order valence-corrected chi connectivity index (χ3v) is 4.78. The molecule has 5 heteroatoms. The van der Waals surface area contributed by atoms with Crippen molar-refractivity contribution < 1.29 is 9.53 Å². The van der Waals surface area contributed by atoms with Crippen molar-refractivity contribution in [1.29, 1.82) is 0 Å². The quantitative estimate of drug-likeness (QED) is 0.713. The molecule has 0 saturated heterocycles. The molecule has 1 amide bonds. The first-order valence-corrected chi connectivity index (χ1v) is 8.78. The molecule has 24 heavy (non-hydrogen) atoms. The summed E-state index contributed by atoms with van der Waals surface area (Å²) in [5.74, 6) is 0.179. The van der Waals surface area contributed by atoms with Gasteiger partial charge in [0.25, 0.3) is 0 Å². The lowest BCUT2D eigenvalue weighted by atomic mass is 10.0. The molecule has 0 spiro atoms. The van der Waals surface area contributed by atoms with Gasteiger partial charge in [0.05, 0.1) is 16.8 Å². The van der Waals surface area contributed by atoms with Crippen LogP contribution in [-0.4, -0.2) is 24.0 Å². The molecule has 1 atom stereocenters. The Morgan fingerprint density at radius 2 is 1.92 bits per heavy atom. The van der Waals surface area contributed by atoms with Gasteiger partial charge >= 0.3 is 0 Å². The highest BCUT2D eigenvalue weighted by Gasteiger charge is 2.08. The lowest BCUT2D eigenvalue weighted by Gasteiger charge is -2.13. The van der Waals surface area contributed by atoms with E-state index in [1.807, 2.05) is 42.5 Å². The summed E-state index contributed by atoms with van der Waals surface area (Å²) in [5, 5.41) is 3.80. The number of benzene rings is 2. The van der Waals surface area contributed by atoms with Crippen LogP contribution in [0.4, 0.5) is 0 Å². The average molecular weight is 340 g/mol. The first-order valence-electron chi connectivity index (χ1n) is 7.96. The van der Waals surface area contributed by atoms with Crippen molar-refractivity contribution in [2.45, 2.75) is 19.4 Å². The van der Waals surface area contributed by atoms with Crippen molar-refractivity contribution in [2.75, 3.05) is 13.2 Å². The molecule has 0 fully saturated rings. The summed E-state index contributed by atoms with van der Waals surface area (Å²) in [5.41, 5.74) is 2.19. The van der Waals surface area contributed by atoms with Crippen LogP contribution in [0.5, 0.6) is 0 Å². The molecule has 1 aromatic heterocycles. The van der Waals surface area contributed by atoms with E-state index < -0.39 is 0 Å². The molecule has 0 saturated carbocycles. The van der Waals surface area contributed by atoms with Gasteiger partial charge in [-0.1, -0.05) is 49.4 Å². The van der Waals surface area contributed by atoms with Gasteiger partial charge in [0.1, 0.15) is 11.6 Å². The number of thiazole rings is 1. The Morgan fingerprint density at radius 1 is 1.17 bits per heavy atom. The molecule has 124 valence electrons. The zero-order valence-electron chi connectivity index (χ0n) is 13.6. The van der Waals surface area contributed by atoms with E-state index in [2.05, 4.69) is 29.4 Å². The molecule has 0 radical (unpaired) electrons. The number of aromatic nitrogens is 1. The fourth-order valence-electron chi connectivity index (χ4n) is 2.43. The molecule has 0 bridgehead atoms. The molecule has 0 aliphatic heterocycles. The normalized spacial score (nSPS) is 12.2. The number of para-hydroxylation sites is 1. The van der Waals surface area contributed by atoms with Crippen molar-refractivity contribution in [1.82, 2.24) is 10.3 Å². The van der Waals surface area contributed by atoms with Crippen LogP contribution >= 0.6 is 11.3 Å². The number of carbonyl (C=O) groups is 1. The minimum atomic E-state index is -0.0982. The van der Waals surface area contributed by atoms with Gasteiger partial charge < -0.3 is 10.1 Å². The highest BCUT2D eigenvalue weighted by molar-refractivity contribution is 7.18. The molecule has 1 unspecified atom stereocenters. The largest absolute Gasteiger partial charge is 0.364 e. The zero-order chi connectivity index (χ0) is 16.8. The van der Waals surface area contributed by atoms with E-state index in [-0.39, 0.29) is 18.4 Å². The van der Waals surface area contributed by atoms with Crippen LogP contribution in [0.3, 0.4) is 0 Å². The van der Waals surface area contributed by atoms with E-state index in [0.717, 1.165) is 15.2 Å². The molecular weight excluding hydrogens is 320 g/mol. The number of amides is 1. The Bertz CT molecular complexity index is 768. The number of rotatable bonds is 7. The summed E-state index contributed by atoms with van der Waals surface area (Å²) in [7, 11) is 0. The zero-order valence-corrected chi connectivity index (χ0v) is 14.4. The van der Waals surface area contributed by atoms with Crippen LogP contribution < -0.4 is 5.32 Å². The number of ether oxygens (including phenoxy) is 1. The first kappa shape index (κ1) is 16.6. The highest BCUT2D eigenvalue weighted by atomic mass is 32.1. The van der Waals surface area contributed by atoms with Crippen LogP contribution in [-0.2, 0) is 16.1 Å². The van der Waals surface area contributed by atoms with Crippen LogP contribution in [0.25, 0.3) is 10.2 Å². The highest BCUT2D eigenvalue weighted by Crippen LogP contribution is 2.21. The summed E-state index contributed by atoms with van der Waals surface area (Å²) < 4.78 is 6.62. The van der Waals surface area contributed by atoms with Gasteiger partial charge in [0.2, 0.25) is 5.91 Å². The van der Waals surface area contributed by atoms with Crippen molar-refractivity contribution >= 4 is 27.5 Å². The second-order valence-electron chi connectivity index (χ2n) is 5.68. The van der Waals surface area contributed by atoms with Gasteiger partial charge in [-0.05, 0) is 23.6 Å². The Labute approximate surface area is 145 Å². The number of carbonyl (C=O) groups excluding carboxylic acids is 1. The molecule has 1 heterocycles. The molecule has 3 aromatic rings. The number of hydrogen-bond donors (Lipinski definition) is 1. The summed E-state index contributed by atoms with van der Waals surface area (Å²) in [4.78, 5) is 16.4. The Kier molecular flexibility index (Phi) is 5.56. The van der Waals surface area contributed by atoms with E-state index in [1.54, 1.807) is 11.3 Å². The standard InChI is InChI=1S/C19H20N2O2S/c1-14(15-7-3-2-4-8-15)11-20-18(22)12-23-13-19-21-16-9-5-6-10-17(16)24-19/h2-10,14H,11-13H2,1H3,(H,20,22). The SMILES string of the molecule is CC(CNC(=O)COCc1nc2ccccc2s1)c1ccccc1. The van der Waals surface area contributed by atoms with Gasteiger partial charge in [-0.25, -0.2) is 4.98 Å². The predicted molar refractivity (Wildman–Crippen MR) is 97.1 cm³/mol. The molecule has 1 N–H and O–H groups in total. The Morgan fingerprint density at radius 3 is 2.71 bits per heavy atom. The molecular formula is C19H20N2O2S. The van der Waals surface area contributed by atoms with Gasteiger partial charge in [-0.3, -0.25) is 4.79 Å². The summed E-state index contributed by atoms with van der Waals surface area (Å²) in [6.45, 7) is 3.11. The number of nitrogens with zero attached hydrogens (tertiary/aromatic N) is 1. The summed E-state index contributed by atoms with van der Waals surface area (Å²) >= 11 is 1.60. The third-order valence-electron chi connectivity index (χ3n) is 3.77. The lowest BCUT2D eigenvalue weighted by Crippen LogP contribution is -2.30. The van der Waals surface area contributed by atoms with Gasteiger partial charge in [0, 0.05) is 6.54 Å². The van der Waals surface area contributed by atoms with Crippen LogP contribution in [0.15, 0.2) is 54.6 Å². The predicted octanol–water partition coefficient (Wildman–Crippen LogP) is 3.73. The Hall–Kier alpha value is -2.24. The number of fused-ring (bicyclic) bond motifs is 1. The second-order valence-corrected chi connectivity index (χ2v) is 6.80. The lowest BCUT2D eigenvalue weighted by molar-refractivity contribution is -0.126. The van der Waals surface area contributed by atoms with Crippen LogP contribution in [0, 0.1) is 0 Å². The van der Waals surface area contributed by atoms with E-state index in [4.69, 9.17) is 4.74 Å². The molecule has 0 aliphatic rings. The second kappa shape index (κ2) is 8.04. The fraction of sp³-hybridized carbons (Fsp3) is 0.263. The maximum absolute atomic E-state index is 11.9. The number of nitrogens with one attached hydrogen (secondary N) is 1. The van der Waals surface area contributed by atoms with Crippen molar-refractivity contribution in [3.63, 3.8) is 0 Å². The minimum Gasteiger partial charge on any atom is -0.364 e.